The lowest BCUT2D eigenvalue weighted by Gasteiger charge is -2.29. The zero-order valence-corrected chi connectivity index (χ0v) is 15.6. The van der Waals surface area contributed by atoms with Crippen LogP contribution < -0.4 is 15.2 Å². The Morgan fingerprint density at radius 1 is 1.33 bits per heavy atom. The van der Waals surface area contributed by atoms with Crippen LogP contribution in [0.15, 0.2) is 30.5 Å². The topological polar surface area (TPSA) is 57.4 Å². The van der Waals surface area contributed by atoms with Gasteiger partial charge in [-0.05, 0) is 24.5 Å². The summed E-state index contributed by atoms with van der Waals surface area (Å²) in [5.74, 6) is 0.663. The molecule has 0 fully saturated rings. The number of hydrogen-bond acceptors (Lipinski definition) is 4. The van der Waals surface area contributed by atoms with Crippen molar-refractivity contribution in [3.05, 3.63) is 41.0 Å². The van der Waals surface area contributed by atoms with Gasteiger partial charge in [-0.15, -0.1) is 0 Å². The number of fused-ring (bicyclic) bond motifs is 3. The highest BCUT2D eigenvalue weighted by Gasteiger charge is 2.47. The van der Waals surface area contributed by atoms with Gasteiger partial charge in [0.25, 0.3) is 0 Å². The largest absolute Gasteiger partial charge is 0.490 e. The fourth-order valence-electron chi connectivity index (χ4n) is 3.09. The van der Waals surface area contributed by atoms with E-state index in [9.17, 15) is 13.2 Å². The van der Waals surface area contributed by atoms with Gasteiger partial charge < -0.3 is 15.2 Å². The zero-order chi connectivity index (χ0) is 19.8. The third-order valence-corrected chi connectivity index (χ3v) is 4.48. The third kappa shape index (κ3) is 4.30. The van der Waals surface area contributed by atoms with Crippen LogP contribution in [0.2, 0.25) is 5.02 Å². The van der Waals surface area contributed by atoms with E-state index in [1.54, 1.807) is 0 Å². The Kier molecular flexibility index (Phi) is 5.53. The molecule has 146 valence electrons. The Hall–Kier alpha value is -1.99. The standard InChI is InChI=1S/C19H20ClF3N2O2/c1-10(2)6-11(24)9-26-16-8-15-13(7-14(16)20)17-12(4-3-5-25-17)18(27-15)19(21,22)23/h3-5,7-8,10-11,18H,6,9,24H2,1-2H3. The molecule has 1 aromatic heterocycles. The van der Waals surface area contributed by atoms with Gasteiger partial charge in [0.2, 0.25) is 6.10 Å². The molecule has 27 heavy (non-hydrogen) atoms. The van der Waals surface area contributed by atoms with Gasteiger partial charge in [0.15, 0.2) is 0 Å². The summed E-state index contributed by atoms with van der Waals surface area (Å²) in [5.41, 5.74) is 6.55. The highest BCUT2D eigenvalue weighted by molar-refractivity contribution is 6.32. The number of benzene rings is 1. The van der Waals surface area contributed by atoms with E-state index >= 15 is 0 Å². The highest BCUT2D eigenvalue weighted by atomic mass is 35.5. The number of aromatic nitrogens is 1. The number of nitrogens with zero attached hydrogens (tertiary/aromatic N) is 1. The van der Waals surface area contributed by atoms with Gasteiger partial charge in [-0.1, -0.05) is 31.5 Å². The molecule has 0 amide bonds. The molecule has 2 heterocycles. The second kappa shape index (κ2) is 7.56. The van der Waals surface area contributed by atoms with Crippen molar-refractivity contribution in [2.24, 2.45) is 11.7 Å². The molecule has 8 heteroatoms. The summed E-state index contributed by atoms with van der Waals surface area (Å²) in [5, 5.41) is 0.260. The fraction of sp³-hybridized carbons (Fsp3) is 0.421. The molecule has 0 radical (unpaired) electrons. The lowest BCUT2D eigenvalue weighted by atomic mass is 9.97. The predicted octanol–water partition coefficient (Wildman–Crippen LogP) is 5.15. The van der Waals surface area contributed by atoms with E-state index in [4.69, 9.17) is 26.8 Å². The molecule has 0 bridgehead atoms. The monoisotopic (exact) mass is 400 g/mol. The van der Waals surface area contributed by atoms with Crippen molar-refractivity contribution in [1.29, 1.82) is 0 Å². The Bertz CT molecular complexity index is 827. The van der Waals surface area contributed by atoms with Gasteiger partial charge in [0, 0.05) is 29.4 Å². The normalized spacial score (nSPS) is 17.1. The maximum Gasteiger partial charge on any atom is 0.429 e. The Morgan fingerprint density at radius 2 is 2.07 bits per heavy atom. The summed E-state index contributed by atoms with van der Waals surface area (Å²) in [6.07, 6.45) is -4.47. The van der Waals surface area contributed by atoms with Gasteiger partial charge in [-0.3, -0.25) is 4.98 Å². The second-order valence-electron chi connectivity index (χ2n) is 6.96. The van der Waals surface area contributed by atoms with Gasteiger partial charge in [-0.25, -0.2) is 0 Å². The van der Waals surface area contributed by atoms with Crippen LogP contribution in [0.25, 0.3) is 11.3 Å². The lowest BCUT2D eigenvalue weighted by molar-refractivity contribution is -0.198. The van der Waals surface area contributed by atoms with Crippen LogP contribution in [-0.2, 0) is 0 Å². The molecule has 0 saturated carbocycles. The van der Waals surface area contributed by atoms with Crippen LogP contribution in [0, 0.1) is 5.92 Å². The third-order valence-electron chi connectivity index (χ3n) is 4.18. The summed E-state index contributed by atoms with van der Waals surface area (Å²) in [4.78, 5) is 4.10. The average molecular weight is 401 g/mol. The number of halogens is 4. The first kappa shape index (κ1) is 19.8. The molecule has 3 rings (SSSR count). The van der Waals surface area contributed by atoms with Crippen LogP contribution in [0.3, 0.4) is 0 Å². The molecular weight excluding hydrogens is 381 g/mol. The number of nitrogens with two attached hydrogens (primary N) is 1. The van der Waals surface area contributed by atoms with Gasteiger partial charge in [0.1, 0.15) is 18.1 Å². The molecule has 0 spiro atoms. The molecule has 0 saturated heterocycles. The van der Waals surface area contributed by atoms with Crippen LogP contribution in [0.1, 0.15) is 31.9 Å². The quantitative estimate of drug-likeness (QED) is 0.754. The van der Waals surface area contributed by atoms with Crippen molar-refractivity contribution in [3.8, 4) is 22.8 Å². The van der Waals surface area contributed by atoms with Gasteiger partial charge in [0.05, 0.1) is 10.7 Å². The predicted molar refractivity (Wildman–Crippen MR) is 97.0 cm³/mol. The van der Waals surface area contributed by atoms with Crippen LogP contribution in [0.4, 0.5) is 13.2 Å². The van der Waals surface area contributed by atoms with E-state index in [1.165, 1.54) is 30.5 Å². The molecule has 2 aromatic rings. The fourth-order valence-corrected chi connectivity index (χ4v) is 3.30. The van der Waals surface area contributed by atoms with E-state index < -0.39 is 12.3 Å². The van der Waals surface area contributed by atoms with E-state index in [2.05, 4.69) is 4.98 Å². The Morgan fingerprint density at radius 3 is 2.74 bits per heavy atom. The summed E-state index contributed by atoms with van der Waals surface area (Å²) >= 11 is 6.27. The minimum Gasteiger partial charge on any atom is -0.490 e. The Labute approximate surface area is 160 Å². The lowest BCUT2D eigenvalue weighted by Crippen LogP contribution is -2.30. The van der Waals surface area contributed by atoms with Crippen LogP contribution in [0.5, 0.6) is 11.5 Å². The van der Waals surface area contributed by atoms with Crippen molar-refractivity contribution >= 4 is 11.6 Å². The van der Waals surface area contributed by atoms with E-state index in [0.29, 0.717) is 11.5 Å². The average Bonchev–Trinajstić information content (AvgIpc) is 2.58. The van der Waals surface area contributed by atoms with E-state index in [1.807, 2.05) is 13.8 Å². The maximum atomic E-state index is 13.4. The van der Waals surface area contributed by atoms with Crippen LogP contribution in [-0.4, -0.2) is 23.8 Å². The SMILES string of the molecule is CC(C)CC(N)COc1cc2c(cc1Cl)-c1ncccc1C(C(F)(F)F)O2. The zero-order valence-electron chi connectivity index (χ0n) is 14.9. The molecule has 1 aromatic carbocycles. The first-order valence-corrected chi connectivity index (χ1v) is 8.95. The molecule has 2 atom stereocenters. The summed E-state index contributed by atoms with van der Waals surface area (Å²) < 4.78 is 51.2. The molecule has 4 nitrogen and oxygen atoms in total. The van der Waals surface area contributed by atoms with E-state index in [-0.39, 0.29) is 40.4 Å². The van der Waals surface area contributed by atoms with Gasteiger partial charge >= 0.3 is 6.18 Å². The molecule has 0 aliphatic carbocycles. The molecular formula is C19H20ClF3N2O2. The maximum absolute atomic E-state index is 13.4. The minimum absolute atomic E-state index is 0.0281. The number of ether oxygens (including phenoxy) is 2. The van der Waals surface area contributed by atoms with Crippen molar-refractivity contribution in [2.45, 2.75) is 38.6 Å². The number of pyridine rings is 1. The van der Waals surface area contributed by atoms with Crippen molar-refractivity contribution in [3.63, 3.8) is 0 Å². The van der Waals surface area contributed by atoms with Crippen LogP contribution >= 0.6 is 11.6 Å². The molecule has 2 N–H and O–H groups in total. The molecule has 1 aliphatic rings. The first-order chi connectivity index (χ1) is 12.7. The number of rotatable bonds is 5. The first-order valence-electron chi connectivity index (χ1n) is 8.57. The van der Waals surface area contributed by atoms with Gasteiger partial charge in [-0.2, -0.15) is 13.2 Å². The smallest absolute Gasteiger partial charge is 0.429 e. The van der Waals surface area contributed by atoms with E-state index in [0.717, 1.165) is 6.42 Å². The van der Waals surface area contributed by atoms with Crippen molar-refractivity contribution in [1.82, 2.24) is 4.98 Å². The number of hydrogen-bond donors (Lipinski definition) is 1. The van der Waals surface area contributed by atoms with Crippen molar-refractivity contribution < 1.29 is 22.6 Å². The summed E-state index contributed by atoms with van der Waals surface area (Å²) in [6, 6.07) is 5.48. The second-order valence-corrected chi connectivity index (χ2v) is 7.37. The summed E-state index contributed by atoms with van der Waals surface area (Å²) in [6.45, 7) is 4.29. The number of alkyl halides is 3. The molecule has 1 aliphatic heterocycles. The molecule has 2 unspecified atom stereocenters. The highest BCUT2D eigenvalue weighted by Crippen LogP contribution is 2.49. The van der Waals surface area contributed by atoms with Crippen molar-refractivity contribution in [2.75, 3.05) is 6.61 Å². The minimum atomic E-state index is -4.57. The Balaban J connectivity index is 1.93. The summed E-state index contributed by atoms with van der Waals surface area (Å²) in [7, 11) is 0.